The Labute approximate surface area is 204 Å². The highest BCUT2D eigenvalue weighted by molar-refractivity contribution is 6.07. The summed E-state index contributed by atoms with van der Waals surface area (Å²) in [5.41, 5.74) is 12.1. The van der Waals surface area contributed by atoms with Crippen molar-refractivity contribution in [1.82, 2.24) is 9.78 Å². The number of aliphatic imine (C=N–C) groups is 1. The molecule has 0 atom stereocenters. The normalized spacial score (nSPS) is 14.1. The Morgan fingerprint density at radius 3 is 2.29 bits per heavy atom. The zero-order valence-electron chi connectivity index (χ0n) is 19.3. The molecular formula is C31H24N4. The lowest BCUT2D eigenvalue weighted by Gasteiger charge is -2.28. The van der Waals surface area contributed by atoms with Gasteiger partial charge in [-0.3, -0.25) is 4.99 Å². The third-order valence-corrected chi connectivity index (χ3v) is 7.02. The van der Waals surface area contributed by atoms with Gasteiger partial charge in [-0.15, -0.1) is 0 Å². The van der Waals surface area contributed by atoms with Crippen molar-refractivity contribution in [3.8, 4) is 5.69 Å². The third-order valence-electron chi connectivity index (χ3n) is 7.02. The number of anilines is 3. The van der Waals surface area contributed by atoms with E-state index in [1.807, 2.05) is 23.1 Å². The summed E-state index contributed by atoms with van der Waals surface area (Å²) >= 11 is 0. The summed E-state index contributed by atoms with van der Waals surface area (Å²) < 4.78 is 1.91. The van der Waals surface area contributed by atoms with Crippen molar-refractivity contribution in [2.24, 2.45) is 4.99 Å². The fraction of sp³-hybridized carbons (Fsp3) is 0.0968. The summed E-state index contributed by atoms with van der Waals surface area (Å²) in [6.07, 6.45) is 6.70. The first-order valence-corrected chi connectivity index (χ1v) is 12.1. The molecule has 0 amide bonds. The first-order valence-electron chi connectivity index (χ1n) is 12.1. The molecule has 0 radical (unpaired) electrons. The molecule has 5 aromatic rings. The highest BCUT2D eigenvalue weighted by Crippen LogP contribution is 2.43. The van der Waals surface area contributed by atoms with Crippen molar-refractivity contribution in [2.75, 3.05) is 4.90 Å². The molecule has 0 bridgehead atoms. The van der Waals surface area contributed by atoms with Crippen molar-refractivity contribution in [1.29, 1.82) is 0 Å². The van der Waals surface area contributed by atoms with Crippen LogP contribution in [0.4, 0.5) is 22.7 Å². The van der Waals surface area contributed by atoms with Crippen molar-refractivity contribution in [3.63, 3.8) is 0 Å². The predicted molar refractivity (Wildman–Crippen MR) is 142 cm³/mol. The van der Waals surface area contributed by atoms with Crippen LogP contribution in [0.5, 0.6) is 0 Å². The Morgan fingerprint density at radius 1 is 0.629 bits per heavy atom. The second-order valence-electron chi connectivity index (χ2n) is 9.14. The number of fused-ring (bicyclic) bond motifs is 3. The average molecular weight is 453 g/mol. The van der Waals surface area contributed by atoms with Crippen LogP contribution >= 0.6 is 0 Å². The Hall–Kier alpha value is -4.44. The maximum Gasteiger partial charge on any atom is 0.0669 e. The zero-order valence-corrected chi connectivity index (χ0v) is 19.3. The average Bonchev–Trinajstić information content (AvgIpc) is 3.56. The summed E-state index contributed by atoms with van der Waals surface area (Å²) in [5.74, 6) is 0. The van der Waals surface area contributed by atoms with Gasteiger partial charge in [-0.1, -0.05) is 54.6 Å². The molecule has 0 fully saturated rings. The smallest absolute Gasteiger partial charge is 0.0669 e. The summed E-state index contributed by atoms with van der Waals surface area (Å²) in [5, 5.41) is 4.45. The Balaban J connectivity index is 1.39. The third kappa shape index (κ3) is 3.46. The van der Waals surface area contributed by atoms with Gasteiger partial charge in [0.1, 0.15) is 0 Å². The van der Waals surface area contributed by atoms with Crippen LogP contribution in [0.15, 0.2) is 114 Å². The van der Waals surface area contributed by atoms with Crippen molar-refractivity contribution >= 4 is 28.5 Å². The minimum absolute atomic E-state index is 0.875. The number of benzene rings is 4. The Kier molecular flexibility index (Phi) is 4.62. The van der Waals surface area contributed by atoms with Crippen molar-refractivity contribution in [3.05, 3.63) is 132 Å². The largest absolute Gasteiger partial charge is 0.310 e. The molecule has 0 aliphatic carbocycles. The van der Waals surface area contributed by atoms with E-state index < -0.39 is 0 Å². The van der Waals surface area contributed by atoms with Gasteiger partial charge in [0.25, 0.3) is 0 Å². The maximum atomic E-state index is 4.97. The van der Waals surface area contributed by atoms with Gasteiger partial charge in [0, 0.05) is 35.9 Å². The maximum absolute atomic E-state index is 4.97. The molecule has 2 aliphatic rings. The molecule has 168 valence electrons. The molecule has 2 aliphatic heterocycles. The second kappa shape index (κ2) is 8.10. The molecule has 0 saturated heterocycles. The summed E-state index contributed by atoms with van der Waals surface area (Å²) in [6.45, 7) is 0. The lowest BCUT2D eigenvalue weighted by molar-refractivity contribution is 0.880. The molecule has 0 N–H and O–H groups in total. The number of nitrogens with zero attached hydrogens (tertiary/aromatic N) is 4. The topological polar surface area (TPSA) is 33.4 Å². The number of hydrogen-bond acceptors (Lipinski definition) is 3. The van der Waals surface area contributed by atoms with Gasteiger partial charge < -0.3 is 4.90 Å². The van der Waals surface area contributed by atoms with E-state index in [0.717, 1.165) is 42.0 Å². The van der Waals surface area contributed by atoms with Crippen LogP contribution in [-0.2, 0) is 19.3 Å². The van der Waals surface area contributed by atoms with Crippen LogP contribution in [0.1, 0.15) is 22.3 Å². The predicted octanol–water partition coefficient (Wildman–Crippen LogP) is 7.12. The highest BCUT2D eigenvalue weighted by Gasteiger charge is 2.24. The van der Waals surface area contributed by atoms with E-state index in [4.69, 9.17) is 4.99 Å². The minimum atomic E-state index is 0.875. The first-order chi connectivity index (χ1) is 17.3. The molecule has 4 heteroatoms. The molecule has 1 aromatic heterocycles. The van der Waals surface area contributed by atoms with Crippen molar-refractivity contribution < 1.29 is 0 Å². The van der Waals surface area contributed by atoms with E-state index in [-0.39, 0.29) is 0 Å². The molecule has 0 saturated carbocycles. The lowest BCUT2D eigenvalue weighted by atomic mass is 9.99. The Morgan fingerprint density at radius 2 is 1.43 bits per heavy atom. The van der Waals surface area contributed by atoms with Crippen LogP contribution in [0, 0.1) is 0 Å². The standard InChI is InChI=1S/C31H24N4/c1-3-11-28-24(8-1)19-29(33-28)25-16-15-23-14-13-22-7-2-4-12-30(22)35(31(23)20-25)27-10-5-9-26(21-27)34-18-6-17-32-34/h1-12,15-18,20-21H,13-14,19H2. The number of aromatic nitrogens is 2. The van der Waals surface area contributed by atoms with E-state index in [2.05, 4.69) is 101 Å². The van der Waals surface area contributed by atoms with Gasteiger partial charge in [-0.25, -0.2) is 4.68 Å². The van der Waals surface area contributed by atoms with E-state index in [0.29, 0.717) is 0 Å². The zero-order chi connectivity index (χ0) is 23.2. The SMILES string of the molecule is c1cc(N2c3ccccc3CCc3ccc(C4=Nc5ccccc5C4)cc32)cc(-n2cccn2)c1. The number of aryl methyl sites for hydroxylation is 2. The summed E-state index contributed by atoms with van der Waals surface area (Å²) in [7, 11) is 0. The van der Waals surface area contributed by atoms with E-state index in [9.17, 15) is 0 Å². The molecule has 35 heavy (non-hydrogen) atoms. The van der Waals surface area contributed by atoms with Gasteiger partial charge in [-0.2, -0.15) is 5.10 Å². The van der Waals surface area contributed by atoms with E-state index in [1.165, 1.54) is 33.6 Å². The van der Waals surface area contributed by atoms with Gasteiger partial charge >= 0.3 is 0 Å². The molecule has 0 unspecified atom stereocenters. The highest BCUT2D eigenvalue weighted by atomic mass is 15.3. The monoisotopic (exact) mass is 452 g/mol. The van der Waals surface area contributed by atoms with Gasteiger partial charge in [0.05, 0.1) is 17.1 Å². The van der Waals surface area contributed by atoms with Crippen LogP contribution in [0.3, 0.4) is 0 Å². The molecule has 7 rings (SSSR count). The van der Waals surface area contributed by atoms with Crippen molar-refractivity contribution in [2.45, 2.75) is 19.3 Å². The van der Waals surface area contributed by atoms with Crippen LogP contribution in [-0.4, -0.2) is 15.5 Å². The quantitative estimate of drug-likeness (QED) is 0.292. The number of rotatable bonds is 3. The van der Waals surface area contributed by atoms with Crippen LogP contribution < -0.4 is 4.90 Å². The van der Waals surface area contributed by atoms with Crippen LogP contribution in [0.25, 0.3) is 5.69 Å². The number of para-hydroxylation sites is 2. The Bertz CT molecular complexity index is 1580. The van der Waals surface area contributed by atoms with Gasteiger partial charge in [0.15, 0.2) is 0 Å². The summed E-state index contributed by atoms with van der Waals surface area (Å²) in [6, 6.07) is 34.7. The fourth-order valence-corrected chi connectivity index (χ4v) is 5.28. The summed E-state index contributed by atoms with van der Waals surface area (Å²) in [4.78, 5) is 7.38. The molecule has 4 aromatic carbocycles. The molecule has 3 heterocycles. The van der Waals surface area contributed by atoms with Crippen LogP contribution in [0.2, 0.25) is 0 Å². The second-order valence-corrected chi connectivity index (χ2v) is 9.14. The van der Waals surface area contributed by atoms with Gasteiger partial charge in [-0.05, 0) is 77.6 Å². The molecular weight excluding hydrogens is 428 g/mol. The number of hydrogen-bond donors (Lipinski definition) is 0. The first kappa shape index (κ1) is 20.0. The molecule has 0 spiro atoms. The molecule has 4 nitrogen and oxygen atoms in total. The lowest BCUT2D eigenvalue weighted by Crippen LogP contribution is -2.13. The fourth-order valence-electron chi connectivity index (χ4n) is 5.28. The minimum Gasteiger partial charge on any atom is -0.310 e. The van der Waals surface area contributed by atoms with Gasteiger partial charge in [0.2, 0.25) is 0 Å². The van der Waals surface area contributed by atoms with E-state index in [1.54, 1.807) is 0 Å². The van der Waals surface area contributed by atoms with E-state index >= 15 is 0 Å².